The summed E-state index contributed by atoms with van der Waals surface area (Å²) >= 11 is 0. The van der Waals surface area contributed by atoms with Crippen LogP contribution in [0.4, 0.5) is 11.5 Å². The molecule has 2 aromatic heterocycles. The van der Waals surface area contributed by atoms with Crippen molar-refractivity contribution in [3.8, 4) is 11.3 Å². The topological polar surface area (TPSA) is 98.4 Å². The third-order valence-corrected chi connectivity index (χ3v) is 7.56. The summed E-state index contributed by atoms with van der Waals surface area (Å²) in [6.45, 7) is 7.12. The normalized spacial score (nSPS) is 23.6. The molecule has 0 bridgehead atoms. The van der Waals surface area contributed by atoms with E-state index in [4.69, 9.17) is 4.74 Å². The van der Waals surface area contributed by atoms with Crippen molar-refractivity contribution in [2.75, 3.05) is 62.7 Å². The zero-order chi connectivity index (χ0) is 23.6. The Kier molecular flexibility index (Phi) is 6.37. The van der Waals surface area contributed by atoms with Gasteiger partial charge in [0.1, 0.15) is 17.8 Å². The van der Waals surface area contributed by atoms with Crippen molar-refractivity contribution in [2.24, 2.45) is 5.92 Å². The van der Waals surface area contributed by atoms with Gasteiger partial charge in [0, 0.05) is 43.6 Å². The van der Waals surface area contributed by atoms with Crippen LogP contribution in [-0.4, -0.2) is 84.3 Å². The number of carbonyl (C=O) groups is 1. The van der Waals surface area contributed by atoms with Crippen LogP contribution in [0.2, 0.25) is 0 Å². The molecule has 3 fully saturated rings. The number of morpholine rings is 1. The summed E-state index contributed by atoms with van der Waals surface area (Å²) in [5.41, 5.74) is 3.69. The average molecular weight is 476 g/mol. The summed E-state index contributed by atoms with van der Waals surface area (Å²) in [6.07, 6.45) is 5.00. The van der Waals surface area contributed by atoms with Crippen molar-refractivity contribution in [1.82, 2.24) is 25.2 Å². The molecule has 184 valence electrons. The highest BCUT2D eigenvalue weighted by Crippen LogP contribution is 2.30. The minimum atomic E-state index is 0.0579. The number of anilines is 2. The molecule has 6 rings (SSSR count). The standard InChI is InChI=1S/C26H33N7O2/c34-26(19-7-9-33(16-19)21-2-1-8-27-15-21)30-20-5-3-18(4-6-20)23-14-22-24(31-23)28-17-29-25(22)32-10-12-35-13-11-32/h3-6,14,17,19,21,27H,1-2,7-13,15-16H2,(H,30,34)(H,28,29,31)/t19-,21?/m1/s1. The van der Waals surface area contributed by atoms with Gasteiger partial charge >= 0.3 is 0 Å². The van der Waals surface area contributed by atoms with Crippen LogP contribution in [0.25, 0.3) is 22.3 Å². The van der Waals surface area contributed by atoms with Gasteiger partial charge in [-0.3, -0.25) is 9.69 Å². The molecule has 0 saturated carbocycles. The van der Waals surface area contributed by atoms with E-state index in [0.717, 1.165) is 79.5 Å². The van der Waals surface area contributed by atoms with Crippen molar-refractivity contribution >= 4 is 28.4 Å². The number of amides is 1. The molecular formula is C26H33N7O2. The van der Waals surface area contributed by atoms with E-state index in [2.05, 4.69) is 41.5 Å². The number of carbonyl (C=O) groups excluding carboxylic acids is 1. The number of aromatic nitrogens is 3. The number of fused-ring (bicyclic) bond motifs is 1. The second kappa shape index (κ2) is 9.93. The van der Waals surface area contributed by atoms with Crippen LogP contribution >= 0.6 is 0 Å². The lowest BCUT2D eigenvalue weighted by molar-refractivity contribution is -0.119. The number of H-pyrrole nitrogens is 1. The molecule has 3 aromatic rings. The van der Waals surface area contributed by atoms with E-state index in [1.807, 2.05) is 24.3 Å². The first-order chi connectivity index (χ1) is 17.2. The van der Waals surface area contributed by atoms with E-state index in [1.165, 1.54) is 12.8 Å². The summed E-state index contributed by atoms with van der Waals surface area (Å²) in [5, 5.41) is 7.63. The van der Waals surface area contributed by atoms with Gasteiger partial charge < -0.3 is 25.3 Å². The molecule has 35 heavy (non-hydrogen) atoms. The second-order valence-corrected chi connectivity index (χ2v) is 9.79. The minimum absolute atomic E-state index is 0.0579. The molecule has 2 atom stereocenters. The van der Waals surface area contributed by atoms with Gasteiger partial charge in [0.05, 0.1) is 24.5 Å². The van der Waals surface area contributed by atoms with Crippen LogP contribution in [0.1, 0.15) is 19.3 Å². The van der Waals surface area contributed by atoms with E-state index < -0.39 is 0 Å². The fourth-order valence-corrected chi connectivity index (χ4v) is 5.56. The smallest absolute Gasteiger partial charge is 0.228 e. The lowest BCUT2D eigenvalue weighted by atomic mass is 10.1. The summed E-state index contributed by atoms with van der Waals surface area (Å²) < 4.78 is 5.48. The Morgan fingerprint density at radius 1 is 1.09 bits per heavy atom. The van der Waals surface area contributed by atoms with Gasteiger partial charge in [-0.2, -0.15) is 0 Å². The molecule has 5 heterocycles. The molecule has 9 heteroatoms. The van der Waals surface area contributed by atoms with Crippen LogP contribution in [0.5, 0.6) is 0 Å². The maximum absolute atomic E-state index is 12.9. The molecular weight excluding hydrogens is 442 g/mol. The number of benzene rings is 1. The fourth-order valence-electron chi connectivity index (χ4n) is 5.56. The van der Waals surface area contributed by atoms with Gasteiger partial charge in [-0.05, 0) is 56.1 Å². The molecule has 0 aliphatic carbocycles. The molecule has 0 radical (unpaired) electrons. The van der Waals surface area contributed by atoms with E-state index >= 15 is 0 Å². The molecule has 3 N–H and O–H groups in total. The molecule has 1 amide bonds. The van der Waals surface area contributed by atoms with Crippen LogP contribution in [-0.2, 0) is 9.53 Å². The van der Waals surface area contributed by atoms with Gasteiger partial charge in [0.2, 0.25) is 5.91 Å². The van der Waals surface area contributed by atoms with Crippen LogP contribution in [0, 0.1) is 5.92 Å². The SMILES string of the molecule is O=C(Nc1ccc(-c2cc3c(N4CCOCC4)ncnc3[nH]2)cc1)[C@@H]1CCN(C2CCCNC2)C1. The molecule has 3 aliphatic rings. The zero-order valence-corrected chi connectivity index (χ0v) is 20.0. The second-order valence-electron chi connectivity index (χ2n) is 9.79. The number of likely N-dealkylation sites (tertiary alicyclic amines) is 1. The molecule has 1 unspecified atom stereocenters. The third-order valence-electron chi connectivity index (χ3n) is 7.56. The van der Waals surface area contributed by atoms with E-state index in [1.54, 1.807) is 6.33 Å². The number of rotatable bonds is 5. The zero-order valence-electron chi connectivity index (χ0n) is 20.0. The Bertz CT molecular complexity index is 1170. The van der Waals surface area contributed by atoms with E-state index in [0.29, 0.717) is 19.3 Å². The first-order valence-corrected chi connectivity index (χ1v) is 12.8. The highest BCUT2D eigenvalue weighted by molar-refractivity contribution is 5.94. The van der Waals surface area contributed by atoms with Crippen LogP contribution in [0.3, 0.4) is 0 Å². The van der Waals surface area contributed by atoms with Crippen LogP contribution < -0.4 is 15.5 Å². The average Bonchev–Trinajstić information content (AvgIpc) is 3.58. The highest BCUT2D eigenvalue weighted by atomic mass is 16.5. The molecule has 1 aromatic carbocycles. The monoisotopic (exact) mass is 475 g/mol. The van der Waals surface area contributed by atoms with Crippen molar-refractivity contribution in [3.63, 3.8) is 0 Å². The number of piperidine rings is 1. The lowest BCUT2D eigenvalue weighted by Crippen LogP contribution is -2.45. The maximum Gasteiger partial charge on any atom is 0.228 e. The Labute approximate surface area is 205 Å². The van der Waals surface area contributed by atoms with Gasteiger partial charge in [-0.1, -0.05) is 12.1 Å². The van der Waals surface area contributed by atoms with E-state index in [-0.39, 0.29) is 11.8 Å². The van der Waals surface area contributed by atoms with Gasteiger partial charge in [0.25, 0.3) is 0 Å². The summed E-state index contributed by atoms with van der Waals surface area (Å²) in [5.74, 6) is 1.13. The van der Waals surface area contributed by atoms with Crippen molar-refractivity contribution in [2.45, 2.75) is 25.3 Å². The molecule has 0 spiro atoms. The first-order valence-electron chi connectivity index (χ1n) is 12.8. The summed E-state index contributed by atoms with van der Waals surface area (Å²) in [4.78, 5) is 30.1. The number of nitrogens with one attached hydrogen (secondary N) is 3. The van der Waals surface area contributed by atoms with Crippen molar-refractivity contribution in [3.05, 3.63) is 36.7 Å². The quantitative estimate of drug-likeness (QED) is 0.521. The van der Waals surface area contributed by atoms with E-state index in [9.17, 15) is 4.79 Å². The van der Waals surface area contributed by atoms with Crippen LogP contribution in [0.15, 0.2) is 36.7 Å². The first kappa shape index (κ1) is 22.5. The maximum atomic E-state index is 12.9. The van der Waals surface area contributed by atoms with Gasteiger partial charge in [-0.15, -0.1) is 0 Å². The number of hydrogen-bond acceptors (Lipinski definition) is 7. The number of ether oxygens (including phenoxy) is 1. The van der Waals surface area contributed by atoms with Crippen molar-refractivity contribution in [1.29, 1.82) is 0 Å². The van der Waals surface area contributed by atoms with Gasteiger partial charge in [-0.25, -0.2) is 9.97 Å². The predicted molar refractivity (Wildman–Crippen MR) is 137 cm³/mol. The molecule has 3 saturated heterocycles. The Balaban J connectivity index is 1.12. The minimum Gasteiger partial charge on any atom is -0.378 e. The predicted octanol–water partition coefficient (Wildman–Crippen LogP) is 2.47. The Morgan fingerprint density at radius 2 is 1.94 bits per heavy atom. The summed E-state index contributed by atoms with van der Waals surface area (Å²) in [6, 6.07) is 10.7. The Morgan fingerprint density at radius 3 is 2.74 bits per heavy atom. The Hall–Kier alpha value is -3.01. The lowest BCUT2D eigenvalue weighted by Gasteiger charge is -2.31. The number of nitrogens with zero attached hydrogens (tertiary/aromatic N) is 4. The van der Waals surface area contributed by atoms with Crippen molar-refractivity contribution < 1.29 is 9.53 Å². The number of aromatic amines is 1. The largest absolute Gasteiger partial charge is 0.378 e. The molecule has 9 nitrogen and oxygen atoms in total. The number of hydrogen-bond donors (Lipinski definition) is 3. The van der Waals surface area contributed by atoms with Gasteiger partial charge in [0.15, 0.2) is 0 Å². The molecule has 3 aliphatic heterocycles. The highest BCUT2D eigenvalue weighted by Gasteiger charge is 2.32. The third kappa shape index (κ3) is 4.76. The fraction of sp³-hybridized carbons (Fsp3) is 0.500. The summed E-state index contributed by atoms with van der Waals surface area (Å²) in [7, 11) is 0.